The van der Waals surface area contributed by atoms with Gasteiger partial charge in [-0.15, -0.1) is 21.5 Å². The maximum atomic E-state index is 15.9. The fourth-order valence-corrected chi connectivity index (χ4v) is 12.7. The molecule has 7 aromatic rings. The predicted molar refractivity (Wildman–Crippen MR) is 296 cm³/mol. The molecular weight excluding hydrogens is 1050 g/mol. The third-order valence-electron chi connectivity index (χ3n) is 15.5. The second kappa shape index (κ2) is 22.9. The van der Waals surface area contributed by atoms with Gasteiger partial charge in [0.15, 0.2) is 5.82 Å². The number of rotatable bonds is 11. The Labute approximate surface area is 463 Å². The summed E-state index contributed by atoms with van der Waals surface area (Å²) in [7, 11) is 1.78. The van der Waals surface area contributed by atoms with Crippen molar-refractivity contribution in [3.05, 3.63) is 111 Å². The number of benzene rings is 3. The van der Waals surface area contributed by atoms with E-state index in [4.69, 9.17) is 26.8 Å². The lowest BCUT2D eigenvalue weighted by Gasteiger charge is -2.39. The minimum Gasteiger partial charge on any atom is -0.480 e. The van der Waals surface area contributed by atoms with Crippen molar-refractivity contribution in [2.75, 3.05) is 45.8 Å². The van der Waals surface area contributed by atoms with Gasteiger partial charge in [-0.1, -0.05) is 35.9 Å². The highest BCUT2D eigenvalue weighted by Gasteiger charge is 2.40. The van der Waals surface area contributed by atoms with E-state index in [2.05, 4.69) is 44.3 Å². The van der Waals surface area contributed by atoms with Crippen molar-refractivity contribution >= 4 is 86.0 Å². The average molecular weight is 1110 g/mol. The quantitative estimate of drug-likeness (QED) is 0.131. The summed E-state index contributed by atoms with van der Waals surface area (Å²) in [6.45, 7) is 9.41. The van der Waals surface area contributed by atoms with Gasteiger partial charge in [-0.2, -0.15) is 10.2 Å². The van der Waals surface area contributed by atoms with Gasteiger partial charge < -0.3 is 30.4 Å². The van der Waals surface area contributed by atoms with Gasteiger partial charge in [-0.3, -0.25) is 47.7 Å². The number of nitrogens with zero attached hydrogens (tertiary/aromatic N) is 11. The van der Waals surface area contributed by atoms with Crippen LogP contribution < -0.4 is 10.6 Å². The fraction of sp³-hybridized carbons (Fsp3) is 0.411. The molecule has 2 atom stereocenters. The van der Waals surface area contributed by atoms with Crippen LogP contribution in [-0.4, -0.2) is 147 Å². The molecule has 3 saturated heterocycles. The van der Waals surface area contributed by atoms with Gasteiger partial charge in [0.2, 0.25) is 29.5 Å². The number of carbonyl (C=O) groups excluding carboxylic acids is 5. The highest BCUT2D eigenvalue weighted by atomic mass is 35.5. The number of aryl methyl sites for hydroxylation is 3. The summed E-state index contributed by atoms with van der Waals surface area (Å²) >= 11 is 7.80. The van der Waals surface area contributed by atoms with Crippen molar-refractivity contribution in [1.29, 1.82) is 0 Å². The van der Waals surface area contributed by atoms with Crippen molar-refractivity contribution < 1.29 is 38.3 Å². The van der Waals surface area contributed by atoms with Crippen molar-refractivity contribution in [3.63, 3.8) is 0 Å². The van der Waals surface area contributed by atoms with Crippen LogP contribution in [0.2, 0.25) is 5.02 Å². The number of aliphatic carboxylic acids is 1. The van der Waals surface area contributed by atoms with E-state index in [0.717, 1.165) is 44.9 Å². The number of hydrogen-bond donors (Lipinski definition) is 3. The molecule has 79 heavy (non-hydrogen) atoms. The first-order valence-corrected chi connectivity index (χ1v) is 27.7. The topological polar surface area (TPSA) is 235 Å². The van der Waals surface area contributed by atoms with E-state index in [1.807, 2.05) is 42.2 Å². The molecule has 0 radical (unpaired) electrons. The summed E-state index contributed by atoms with van der Waals surface area (Å²) in [6, 6.07) is 16.0. The monoisotopic (exact) mass is 1110 g/mol. The molecule has 20 nitrogen and oxygen atoms in total. The zero-order valence-electron chi connectivity index (χ0n) is 44.6. The van der Waals surface area contributed by atoms with Crippen LogP contribution in [0.15, 0.2) is 65.8 Å². The first-order chi connectivity index (χ1) is 37.9. The van der Waals surface area contributed by atoms with Crippen LogP contribution in [0.4, 0.5) is 4.39 Å². The molecule has 4 aliphatic heterocycles. The SMILES string of the molecule is CC(=O)N1CCCC1C(=O)N1CCCC(C(=O)N2CCC(c3nn(CC(=O)NCC(=O)NCC(=O)O)c4cccc(-c5cc6c(cnn6C)cc5F)c34)CC2)C1.Cc1sc2c(c1C)C(c1ccc(Cl)cc1)=NCc1nnc(C)n1-2. The number of likely N-dealkylation sites (tertiary alicyclic amines) is 3. The van der Waals surface area contributed by atoms with Crippen LogP contribution in [0.1, 0.15) is 90.3 Å². The molecule has 23 heteroatoms. The van der Waals surface area contributed by atoms with Crippen molar-refractivity contribution in [2.24, 2.45) is 18.0 Å². The molecule has 0 aliphatic carbocycles. The maximum Gasteiger partial charge on any atom is 0.322 e. The molecule has 3 N–H and O–H groups in total. The second-order valence-electron chi connectivity index (χ2n) is 20.6. The zero-order valence-corrected chi connectivity index (χ0v) is 46.2. The van der Waals surface area contributed by atoms with Crippen LogP contribution in [-0.2, 0) is 48.9 Å². The average Bonchev–Trinajstić information content (AvgIpc) is 4.48. The van der Waals surface area contributed by atoms with E-state index in [1.165, 1.54) is 33.7 Å². The number of carbonyl (C=O) groups is 6. The van der Waals surface area contributed by atoms with E-state index < -0.39 is 42.7 Å². The van der Waals surface area contributed by atoms with Gasteiger partial charge in [0.1, 0.15) is 42.3 Å². The number of carboxylic acid groups (broad SMARTS) is 1. The molecule has 11 rings (SSSR count). The number of aliphatic imine (C=N–C) groups is 1. The molecule has 4 aliphatic rings. The molecule has 0 saturated carbocycles. The molecule has 0 bridgehead atoms. The summed E-state index contributed by atoms with van der Waals surface area (Å²) in [5, 5.41) is 34.5. The lowest BCUT2D eigenvalue weighted by atomic mass is 9.88. The molecule has 412 valence electrons. The molecule has 8 heterocycles. The third-order valence-corrected chi connectivity index (χ3v) is 17.0. The van der Waals surface area contributed by atoms with Crippen LogP contribution in [0, 0.1) is 32.5 Å². The Morgan fingerprint density at radius 1 is 0.835 bits per heavy atom. The number of aromatic nitrogens is 7. The first-order valence-electron chi connectivity index (χ1n) is 26.5. The molecule has 3 aromatic carbocycles. The molecule has 0 spiro atoms. The summed E-state index contributed by atoms with van der Waals surface area (Å²) < 4.78 is 21.2. The van der Waals surface area contributed by atoms with E-state index in [-0.39, 0.29) is 36.1 Å². The maximum absolute atomic E-state index is 15.9. The molecular formula is C56H61ClFN13O7S. The Morgan fingerprint density at radius 2 is 1.58 bits per heavy atom. The standard InChI is InChI=1S/C39H46FN9O7.C17H15ClN4S/c1-23(50)48-13-5-9-31(48)39(56)47-12-4-6-25(21-47)38(55)46-14-10-24(11-15-46)37-36-27(28-17-32-26(16-29(28)40)18-43-45(32)2)7-3-8-30(36)49(44-37)22-34(52)41-19-33(51)42-20-35(53)54;1-9-10(2)23-17-15(9)16(12-4-6-13(18)7-5-12)19-8-14-21-20-11(3)22(14)17/h3,7-8,16-18,24-25,31H,4-6,9-15,19-22H2,1-2H3,(H,41,52)(H,42,51)(H,53,54);4-7H,8H2,1-3H3. The summed E-state index contributed by atoms with van der Waals surface area (Å²) in [6.07, 6.45) is 5.53. The number of carboxylic acids is 1. The largest absolute Gasteiger partial charge is 0.480 e. The van der Waals surface area contributed by atoms with Crippen molar-refractivity contribution in [2.45, 2.75) is 91.3 Å². The fourth-order valence-electron chi connectivity index (χ4n) is 11.4. The summed E-state index contributed by atoms with van der Waals surface area (Å²) in [5.41, 5.74) is 7.45. The summed E-state index contributed by atoms with van der Waals surface area (Å²) in [4.78, 5) is 86.9. The van der Waals surface area contributed by atoms with Gasteiger partial charge in [-0.05, 0) is 101 Å². The lowest BCUT2D eigenvalue weighted by molar-refractivity contribution is -0.147. The van der Waals surface area contributed by atoms with E-state index >= 15 is 4.39 Å². The number of hydrogen-bond acceptors (Lipinski definition) is 12. The minimum atomic E-state index is -1.21. The van der Waals surface area contributed by atoms with Crippen LogP contribution in [0.25, 0.3) is 37.9 Å². The Bertz CT molecular complexity index is 3580. The van der Waals surface area contributed by atoms with Gasteiger partial charge in [0, 0.05) is 90.0 Å². The highest BCUT2D eigenvalue weighted by molar-refractivity contribution is 7.15. The Hall–Kier alpha value is -7.85. The van der Waals surface area contributed by atoms with E-state index in [1.54, 1.807) is 57.3 Å². The molecule has 5 amide bonds. The number of fused-ring (bicyclic) bond motifs is 5. The number of thiophene rings is 1. The highest BCUT2D eigenvalue weighted by Crippen LogP contribution is 2.41. The Morgan fingerprint density at radius 3 is 2.33 bits per heavy atom. The van der Waals surface area contributed by atoms with Gasteiger partial charge in [-0.25, -0.2) is 4.39 Å². The van der Waals surface area contributed by atoms with Gasteiger partial charge in [0.05, 0.1) is 41.1 Å². The van der Waals surface area contributed by atoms with E-state index in [0.29, 0.717) is 104 Å². The number of amides is 5. The van der Waals surface area contributed by atoms with Gasteiger partial charge in [0.25, 0.3) is 0 Å². The van der Waals surface area contributed by atoms with Crippen LogP contribution in [0.3, 0.4) is 0 Å². The van der Waals surface area contributed by atoms with Crippen molar-refractivity contribution in [3.8, 4) is 16.1 Å². The second-order valence-corrected chi connectivity index (χ2v) is 22.2. The summed E-state index contributed by atoms with van der Waals surface area (Å²) in [5.74, 6) is -1.71. The van der Waals surface area contributed by atoms with E-state index in [9.17, 15) is 28.8 Å². The molecule has 4 aromatic heterocycles. The number of nitrogens with one attached hydrogen (secondary N) is 2. The zero-order chi connectivity index (χ0) is 55.8. The third kappa shape index (κ3) is 11.1. The first kappa shape index (κ1) is 54.5. The molecule has 3 fully saturated rings. The Kier molecular flexibility index (Phi) is 15.8. The van der Waals surface area contributed by atoms with Gasteiger partial charge >= 0.3 is 5.97 Å². The number of piperidine rings is 2. The Balaban J connectivity index is 0.000000253. The van der Waals surface area contributed by atoms with Crippen molar-refractivity contribution in [1.82, 2.24) is 59.7 Å². The number of halogens is 2. The van der Waals surface area contributed by atoms with Crippen LogP contribution in [0.5, 0.6) is 0 Å². The smallest absolute Gasteiger partial charge is 0.322 e. The van der Waals surface area contributed by atoms with Crippen LogP contribution >= 0.6 is 22.9 Å². The molecule has 2 unspecified atom stereocenters. The predicted octanol–water partition coefficient (Wildman–Crippen LogP) is 6.26. The normalized spacial score (nSPS) is 17.4. The lowest BCUT2D eigenvalue weighted by Crippen LogP contribution is -2.53. The minimum absolute atomic E-state index is 0.00230.